The quantitative estimate of drug-likeness (QED) is 0.360. The van der Waals surface area contributed by atoms with Gasteiger partial charge in [-0.25, -0.2) is 14.4 Å². The van der Waals surface area contributed by atoms with Gasteiger partial charge in [0.1, 0.15) is 12.7 Å². The SMILES string of the molecule is O=C(O)C(=O)OC1C(=O)OCC1O. The number of carboxylic acid groups (broad SMARTS) is 1. The number of esters is 2. The average molecular weight is 190 g/mol. The summed E-state index contributed by atoms with van der Waals surface area (Å²) < 4.78 is 8.43. The van der Waals surface area contributed by atoms with E-state index in [0.29, 0.717) is 0 Å². The second kappa shape index (κ2) is 3.40. The first-order valence-electron chi connectivity index (χ1n) is 3.31. The third-order valence-corrected chi connectivity index (χ3v) is 1.39. The highest BCUT2D eigenvalue weighted by Gasteiger charge is 2.40. The van der Waals surface area contributed by atoms with Crippen LogP contribution in [0.5, 0.6) is 0 Å². The van der Waals surface area contributed by atoms with E-state index < -0.39 is 30.1 Å². The number of carbonyl (C=O) groups is 3. The van der Waals surface area contributed by atoms with Crippen molar-refractivity contribution >= 4 is 17.9 Å². The molecule has 0 aromatic rings. The van der Waals surface area contributed by atoms with Gasteiger partial charge in [-0.3, -0.25) is 0 Å². The molecule has 7 heteroatoms. The molecule has 1 heterocycles. The van der Waals surface area contributed by atoms with E-state index >= 15 is 0 Å². The fourth-order valence-electron chi connectivity index (χ4n) is 0.787. The van der Waals surface area contributed by atoms with E-state index in [2.05, 4.69) is 9.47 Å². The molecule has 0 saturated carbocycles. The summed E-state index contributed by atoms with van der Waals surface area (Å²) in [6.07, 6.45) is -2.82. The average Bonchev–Trinajstić information content (AvgIpc) is 2.35. The minimum Gasteiger partial charge on any atom is -0.473 e. The minimum atomic E-state index is -1.83. The molecule has 2 atom stereocenters. The van der Waals surface area contributed by atoms with Crippen molar-refractivity contribution in [3.8, 4) is 0 Å². The van der Waals surface area contributed by atoms with Gasteiger partial charge in [0.2, 0.25) is 6.10 Å². The maximum absolute atomic E-state index is 10.7. The maximum Gasteiger partial charge on any atom is 0.418 e. The fraction of sp³-hybridized carbons (Fsp3) is 0.500. The summed E-state index contributed by atoms with van der Waals surface area (Å²) >= 11 is 0. The van der Waals surface area contributed by atoms with Gasteiger partial charge in [-0.15, -0.1) is 0 Å². The van der Waals surface area contributed by atoms with E-state index in [1.54, 1.807) is 0 Å². The summed E-state index contributed by atoms with van der Waals surface area (Å²) in [5.74, 6) is -4.36. The first-order chi connectivity index (χ1) is 6.02. The Labute approximate surface area is 71.9 Å². The number of hydrogen-bond donors (Lipinski definition) is 2. The Morgan fingerprint density at radius 2 is 2.15 bits per heavy atom. The number of rotatable bonds is 1. The molecule has 2 N–H and O–H groups in total. The zero-order chi connectivity index (χ0) is 10.0. The van der Waals surface area contributed by atoms with E-state index in [1.165, 1.54) is 0 Å². The smallest absolute Gasteiger partial charge is 0.418 e. The first-order valence-corrected chi connectivity index (χ1v) is 3.31. The summed E-state index contributed by atoms with van der Waals surface area (Å²) in [6.45, 7) is -0.295. The standard InChI is InChI=1S/C6H6O7/c7-2-1-12-5(10)3(2)13-6(11)4(8)9/h2-3,7H,1H2,(H,8,9). The van der Waals surface area contributed by atoms with Crippen molar-refractivity contribution in [1.82, 2.24) is 0 Å². The number of ether oxygens (including phenoxy) is 2. The van der Waals surface area contributed by atoms with E-state index in [4.69, 9.17) is 10.2 Å². The monoisotopic (exact) mass is 190 g/mol. The van der Waals surface area contributed by atoms with Gasteiger partial charge < -0.3 is 19.7 Å². The van der Waals surface area contributed by atoms with Crippen molar-refractivity contribution < 1.29 is 34.1 Å². The van der Waals surface area contributed by atoms with Crippen LogP contribution in [0.1, 0.15) is 0 Å². The molecule has 1 saturated heterocycles. The highest BCUT2D eigenvalue weighted by atomic mass is 16.6. The second-order valence-electron chi connectivity index (χ2n) is 2.33. The van der Waals surface area contributed by atoms with E-state index in [0.717, 1.165) is 0 Å². The molecule has 1 fully saturated rings. The highest BCUT2D eigenvalue weighted by molar-refractivity contribution is 6.29. The highest BCUT2D eigenvalue weighted by Crippen LogP contribution is 2.11. The van der Waals surface area contributed by atoms with Crippen molar-refractivity contribution in [1.29, 1.82) is 0 Å². The molecule has 0 aromatic heterocycles. The van der Waals surface area contributed by atoms with Gasteiger partial charge in [0, 0.05) is 0 Å². The Morgan fingerprint density at radius 3 is 2.54 bits per heavy atom. The Bertz CT molecular complexity index is 258. The number of aliphatic hydroxyl groups is 1. The zero-order valence-corrected chi connectivity index (χ0v) is 6.30. The van der Waals surface area contributed by atoms with Crippen LogP contribution < -0.4 is 0 Å². The Kier molecular flexibility index (Phi) is 2.47. The van der Waals surface area contributed by atoms with Crippen molar-refractivity contribution in [2.45, 2.75) is 12.2 Å². The molecule has 72 valence electrons. The molecule has 1 aliphatic rings. The van der Waals surface area contributed by atoms with Crippen LogP contribution in [0.2, 0.25) is 0 Å². The van der Waals surface area contributed by atoms with Crippen LogP contribution in [0.15, 0.2) is 0 Å². The molecule has 0 spiro atoms. The molecular weight excluding hydrogens is 184 g/mol. The molecule has 13 heavy (non-hydrogen) atoms. The van der Waals surface area contributed by atoms with E-state index in [9.17, 15) is 14.4 Å². The zero-order valence-electron chi connectivity index (χ0n) is 6.30. The Balaban J connectivity index is 2.57. The molecule has 1 aliphatic heterocycles. The summed E-state index contributed by atoms with van der Waals surface area (Å²) in [4.78, 5) is 31.1. The number of aliphatic carboxylic acids is 1. The molecule has 0 amide bonds. The lowest BCUT2D eigenvalue weighted by Crippen LogP contribution is -2.34. The van der Waals surface area contributed by atoms with Gasteiger partial charge in [0.05, 0.1) is 0 Å². The van der Waals surface area contributed by atoms with Crippen LogP contribution >= 0.6 is 0 Å². The van der Waals surface area contributed by atoms with Gasteiger partial charge in [0.15, 0.2) is 0 Å². The summed E-state index contributed by atoms with van der Waals surface area (Å²) in [5, 5.41) is 17.1. The lowest BCUT2D eigenvalue weighted by atomic mass is 10.2. The van der Waals surface area contributed by atoms with Gasteiger partial charge in [0.25, 0.3) is 0 Å². The van der Waals surface area contributed by atoms with Crippen LogP contribution in [0.25, 0.3) is 0 Å². The number of cyclic esters (lactones) is 1. The number of aliphatic hydroxyl groups excluding tert-OH is 1. The fourth-order valence-corrected chi connectivity index (χ4v) is 0.787. The lowest BCUT2D eigenvalue weighted by molar-refractivity contribution is -0.173. The van der Waals surface area contributed by atoms with Gasteiger partial charge >= 0.3 is 17.9 Å². The molecule has 7 nitrogen and oxygen atoms in total. The number of carbonyl (C=O) groups excluding carboxylic acids is 2. The summed E-state index contributed by atoms with van der Waals surface area (Å²) in [5.41, 5.74) is 0. The van der Waals surface area contributed by atoms with Crippen molar-refractivity contribution in [2.24, 2.45) is 0 Å². The molecular formula is C6H6O7. The number of carboxylic acids is 1. The van der Waals surface area contributed by atoms with Crippen LogP contribution in [0.3, 0.4) is 0 Å². The summed E-state index contributed by atoms with van der Waals surface area (Å²) in [6, 6.07) is 0. The molecule has 2 unspecified atom stereocenters. The largest absolute Gasteiger partial charge is 0.473 e. The first kappa shape index (κ1) is 9.46. The van der Waals surface area contributed by atoms with Crippen molar-refractivity contribution in [3.63, 3.8) is 0 Å². The predicted octanol–water partition coefficient (Wildman–Crippen LogP) is -2.10. The second-order valence-corrected chi connectivity index (χ2v) is 2.33. The van der Waals surface area contributed by atoms with Crippen LogP contribution in [-0.2, 0) is 23.9 Å². The van der Waals surface area contributed by atoms with Gasteiger partial charge in [-0.2, -0.15) is 0 Å². The van der Waals surface area contributed by atoms with Crippen LogP contribution in [0, 0.1) is 0 Å². The third kappa shape index (κ3) is 1.94. The number of hydrogen-bond acceptors (Lipinski definition) is 6. The predicted molar refractivity (Wildman–Crippen MR) is 34.5 cm³/mol. The Morgan fingerprint density at radius 1 is 1.54 bits per heavy atom. The van der Waals surface area contributed by atoms with Gasteiger partial charge in [-0.1, -0.05) is 0 Å². The molecule has 0 radical (unpaired) electrons. The van der Waals surface area contributed by atoms with Crippen LogP contribution in [0.4, 0.5) is 0 Å². The minimum absolute atomic E-state index is 0.295. The van der Waals surface area contributed by atoms with Gasteiger partial charge in [-0.05, 0) is 0 Å². The maximum atomic E-state index is 10.7. The summed E-state index contributed by atoms with van der Waals surface area (Å²) in [7, 11) is 0. The molecule has 0 aromatic carbocycles. The van der Waals surface area contributed by atoms with Crippen LogP contribution in [-0.4, -0.2) is 46.9 Å². The molecule has 1 rings (SSSR count). The van der Waals surface area contributed by atoms with Crippen molar-refractivity contribution in [2.75, 3.05) is 6.61 Å². The van der Waals surface area contributed by atoms with E-state index in [-0.39, 0.29) is 6.61 Å². The third-order valence-electron chi connectivity index (χ3n) is 1.39. The molecule has 0 bridgehead atoms. The molecule has 0 aliphatic carbocycles. The van der Waals surface area contributed by atoms with Crippen molar-refractivity contribution in [3.05, 3.63) is 0 Å². The van der Waals surface area contributed by atoms with E-state index in [1.807, 2.05) is 0 Å². The normalized spacial score (nSPS) is 26.7. The Hall–Kier alpha value is -1.63. The topological polar surface area (TPSA) is 110 Å². The lowest BCUT2D eigenvalue weighted by Gasteiger charge is -2.08.